The van der Waals surface area contributed by atoms with Gasteiger partial charge in [-0.15, -0.1) is 0 Å². The van der Waals surface area contributed by atoms with Crippen LogP contribution in [0.5, 0.6) is 0 Å². The lowest BCUT2D eigenvalue weighted by Crippen LogP contribution is -2.23. The van der Waals surface area contributed by atoms with E-state index in [9.17, 15) is 0 Å². The van der Waals surface area contributed by atoms with Gasteiger partial charge >= 0.3 is 0 Å². The predicted octanol–water partition coefficient (Wildman–Crippen LogP) is 5.93. The zero-order valence-electron chi connectivity index (χ0n) is 14.9. The van der Waals surface area contributed by atoms with Crippen LogP contribution >= 0.6 is 0 Å². The van der Waals surface area contributed by atoms with Crippen molar-refractivity contribution in [3.63, 3.8) is 0 Å². The van der Waals surface area contributed by atoms with Gasteiger partial charge in [-0.2, -0.15) is 0 Å². The molecule has 0 saturated heterocycles. The Morgan fingerprint density at radius 2 is 1.36 bits per heavy atom. The van der Waals surface area contributed by atoms with Crippen molar-refractivity contribution in [3.8, 4) is 0 Å². The maximum atomic E-state index is 2.38. The molecule has 0 spiro atoms. The molecule has 0 unspecified atom stereocenters. The van der Waals surface area contributed by atoms with Crippen LogP contribution in [-0.2, 0) is 17.9 Å². The molecule has 0 aliphatic carbocycles. The molecule has 116 valence electrons. The summed E-state index contributed by atoms with van der Waals surface area (Å²) >= 11 is 0. The molecule has 0 radical (unpaired) electrons. The molecular weight excluding hydrogens is 266 g/mol. The molecule has 1 heteroatoms. The predicted molar refractivity (Wildman–Crippen MR) is 97.8 cm³/mol. The molecule has 1 aromatic heterocycles. The number of fused-ring (bicyclic) bond motifs is 3. The number of aromatic nitrogens is 1. The Hall–Kier alpha value is -1.76. The first-order chi connectivity index (χ1) is 10.1. The minimum Gasteiger partial charge on any atom is -0.343 e. The van der Waals surface area contributed by atoms with Crippen LogP contribution in [0.15, 0.2) is 36.4 Å². The summed E-state index contributed by atoms with van der Waals surface area (Å²) < 4.78 is 2.38. The molecule has 0 saturated carbocycles. The minimum atomic E-state index is 0.115. The van der Waals surface area contributed by atoms with Crippen molar-refractivity contribution < 1.29 is 0 Å². The van der Waals surface area contributed by atoms with Crippen LogP contribution < -0.4 is 0 Å². The number of aryl methyl sites for hydroxylation is 1. The van der Waals surface area contributed by atoms with Crippen molar-refractivity contribution in [2.75, 3.05) is 0 Å². The Labute approximate surface area is 133 Å². The summed E-state index contributed by atoms with van der Waals surface area (Å²) in [5, 5.41) is 2.72. The molecule has 3 rings (SSSR count). The maximum Gasteiger partial charge on any atom is 0.0529 e. The molecule has 0 amide bonds. The zero-order valence-corrected chi connectivity index (χ0v) is 14.9. The first kappa shape index (κ1) is 15.1. The number of nitrogens with zero attached hydrogens (tertiary/aromatic N) is 1. The highest BCUT2D eigenvalue weighted by molar-refractivity contribution is 6.09. The van der Waals surface area contributed by atoms with Crippen molar-refractivity contribution in [1.29, 1.82) is 0 Å². The van der Waals surface area contributed by atoms with Gasteiger partial charge in [0.2, 0.25) is 0 Å². The Balaban J connectivity index is 2.58. The van der Waals surface area contributed by atoms with Crippen molar-refractivity contribution in [1.82, 2.24) is 4.57 Å². The average Bonchev–Trinajstić information content (AvgIpc) is 2.70. The average molecular weight is 293 g/mol. The number of hydrogen-bond acceptors (Lipinski definition) is 0. The highest BCUT2D eigenvalue weighted by Crippen LogP contribution is 2.41. The van der Waals surface area contributed by atoms with Gasteiger partial charge in [0.05, 0.1) is 5.52 Å². The van der Waals surface area contributed by atoms with E-state index in [4.69, 9.17) is 0 Å². The summed E-state index contributed by atoms with van der Waals surface area (Å²) in [5.74, 6) is 0. The first-order valence-corrected chi connectivity index (χ1v) is 8.13. The van der Waals surface area contributed by atoms with Gasteiger partial charge in [0.25, 0.3) is 0 Å². The lowest BCUT2D eigenvalue weighted by molar-refractivity contribution is 0.533. The third kappa shape index (κ3) is 2.15. The van der Waals surface area contributed by atoms with E-state index in [2.05, 4.69) is 89.6 Å². The molecule has 0 aliphatic rings. The Kier molecular flexibility index (Phi) is 3.18. The first-order valence-electron chi connectivity index (χ1n) is 8.13. The molecule has 1 heterocycles. The molecule has 2 aromatic carbocycles. The fraction of sp³-hybridized carbons (Fsp3) is 0.429. The normalized spacial score (nSPS) is 13.2. The van der Waals surface area contributed by atoms with Crippen molar-refractivity contribution in [3.05, 3.63) is 47.5 Å². The smallest absolute Gasteiger partial charge is 0.0529 e. The highest BCUT2D eigenvalue weighted by atomic mass is 14.9. The molecule has 0 fully saturated rings. The zero-order chi connectivity index (χ0) is 16.3. The summed E-state index contributed by atoms with van der Waals surface area (Å²) in [5.41, 5.74) is 5.90. The summed E-state index contributed by atoms with van der Waals surface area (Å²) in [7, 11) is 2.20. The highest BCUT2D eigenvalue weighted by Gasteiger charge is 2.29. The van der Waals surface area contributed by atoms with E-state index in [0.717, 1.165) is 0 Å². The minimum absolute atomic E-state index is 0.115. The van der Waals surface area contributed by atoms with E-state index < -0.39 is 0 Å². The molecule has 0 N–H and O–H groups in total. The lowest BCUT2D eigenvalue weighted by atomic mass is 9.74. The number of hydrogen-bond donors (Lipinski definition) is 0. The van der Waals surface area contributed by atoms with Gasteiger partial charge < -0.3 is 4.57 Å². The van der Waals surface area contributed by atoms with Gasteiger partial charge in [-0.1, -0.05) is 71.9 Å². The van der Waals surface area contributed by atoms with Gasteiger partial charge in [0.1, 0.15) is 0 Å². The fourth-order valence-electron chi connectivity index (χ4n) is 3.66. The Morgan fingerprint density at radius 3 is 1.95 bits per heavy atom. The van der Waals surface area contributed by atoms with Gasteiger partial charge in [-0.05, 0) is 28.0 Å². The van der Waals surface area contributed by atoms with E-state index in [1.54, 1.807) is 0 Å². The molecule has 0 bridgehead atoms. The van der Waals surface area contributed by atoms with E-state index in [1.165, 1.54) is 32.9 Å². The van der Waals surface area contributed by atoms with E-state index in [1.807, 2.05) is 0 Å². The molecule has 3 aromatic rings. The van der Waals surface area contributed by atoms with Crippen LogP contribution in [0.2, 0.25) is 0 Å². The van der Waals surface area contributed by atoms with Gasteiger partial charge in [0.15, 0.2) is 0 Å². The molecule has 0 atom stereocenters. The summed E-state index contributed by atoms with van der Waals surface area (Å²) in [6.07, 6.45) is 0. The number of para-hydroxylation sites is 1. The van der Waals surface area contributed by atoms with Gasteiger partial charge in [0, 0.05) is 23.3 Å². The number of rotatable bonds is 0. The van der Waals surface area contributed by atoms with E-state index in [-0.39, 0.29) is 10.8 Å². The van der Waals surface area contributed by atoms with Crippen LogP contribution in [0.25, 0.3) is 21.8 Å². The van der Waals surface area contributed by atoms with Crippen molar-refractivity contribution in [2.24, 2.45) is 7.05 Å². The molecule has 1 nitrogen and oxygen atoms in total. The second kappa shape index (κ2) is 4.62. The second-order valence-corrected chi connectivity index (χ2v) is 8.46. The second-order valence-electron chi connectivity index (χ2n) is 8.46. The van der Waals surface area contributed by atoms with Crippen LogP contribution in [-0.4, -0.2) is 4.57 Å². The van der Waals surface area contributed by atoms with Crippen LogP contribution in [0.4, 0.5) is 0 Å². The van der Waals surface area contributed by atoms with Gasteiger partial charge in [-0.25, -0.2) is 0 Å². The quantitative estimate of drug-likeness (QED) is 0.484. The fourth-order valence-corrected chi connectivity index (χ4v) is 3.66. The largest absolute Gasteiger partial charge is 0.343 e. The van der Waals surface area contributed by atoms with Gasteiger partial charge in [-0.3, -0.25) is 0 Å². The van der Waals surface area contributed by atoms with Crippen molar-refractivity contribution >= 4 is 21.8 Å². The summed E-state index contributed by atoms with van der Waals surface area (Å²) in [4.78, 5) is 0. The lowest BCUT2D eigenvalue weighted by Gasteiger charge is -2.31. The van der Waals surface area contributed by atoms with Crippen LogP contribution in [0.3, 0.4) is 0 Å². The van der Waals surface area contributed by atoms with Crippen LogP contribution in [0.1, 0.15) is 52.7 Å². The summed E-state index contributed by atoms with van der Waals surface area (Å²) in [6, 6.07) is 13.4. The van der Waals surface area contributed by atoms with E-state index >= 15 is 0 Å². The van der Waals surface area contributed by atoms with E-state index in [0.29, 0.717) is 0 Å². The Bertz CT molecular complexity index is 851. The topological polar surface area (TPSA) is 4.93 Å². The van der Waals surface area contributed by atoms with Crippen molar-refractivity contribution in [2.45, 2.75) is 52.4 Å². The van der Waals surface area contributed by atoms with Crippen LogP contribution in [0, 0.1) is 0 Å². The Morgan fingerprint density at radius 1 is 0.727 bits per heavy atom. The third-order valence-corrected chi connectivity index (χ3v) is 4.63. The third-order valence-electron chi connectivity index (χ3n) is 4.63. The summed E-state index contributed by atoms with van der Waals surface area (Å²) in [6.45, 7) is 13.9. The standard InChI is InChI=1S/C21H27N/c1-20(2,3)16-13-12-15-14-10-8-9-11-17(14)22(7)19(15)18(16)21(4,5)6/h8-13H,1-7H3. The molecule has 0 aliphatic heterocycles. The maximum absolute atomic E-state index is 2.38. The molecular formula is C21H27N. The molecule has 22 heavy (non-hydrogen) atoms. The SMILES string of the molecule is Cn1c2ccccc2c2ccc(C(C)(C)C)c(C(C)(C)C)c21. The monoisotopic (exact) mass is 293 g/mol. The number of benzene rings is 2.